The Morgan fingerprint density at radius 3 is 2.85 bits per heavy atom. The van der Waals surface area contributed by atoms with Crippen molar-refractivity contribution in [3.05, 3.63) is 54.7 Å². The van der Waals surface area contributed by atoms with Gasteiger partial charge < -0.3 is 10.1 Å². The Morgan fingerprint density at radius 2 is 2.09 bits per heavy atom. The van der Waals surface area contributed by atoms with Crippen LogP contribution in [-0.2, 0) is 28.9 Å². The monoisotopic (exact) mass is 504 g/mol. The largest absolute Gasteiger partial charge is 0.462 e. The Bertz CT molecular complexity index is 1220. The summed E-state index contributed by atoms with van der Waals surface area (Å²) in [5.41, 5.74) is 2.35. The number of hydrogen-bond donors (Lipinski definition) is 1. The molecule has 1 aliphatic rings. The van der Waals surface area contributed by atoms with E-state index in [-0.39, 0.29) is 24.0 Å². The number of esters is 1. The standard InChI is InChI=1S/C22H24N4O4S3/c1-3-30-20(28)18-13(2)23-21(33-18)24-17(27)12-32-19-15-8-4-5-9-16(15)26(22(29)25-19)11-14-7-6-10-31-14/h6-7,10H,3-5,8-9,11-12H2,1-2H3,(H,23,24,27). The maximum atomic E-state index is 12.8. The number of thiazole rings is 1. The summed E-state index contributed by atoms with van der Waals surface area (Å²) < 4.78 is 6.79. The number of amides is 1. The molecule has 1 amide bonds. The molecule has 11 heteroatoms. The number of fused-ring (bicyclic) bond motifs is 1. The van der Waals surface area contributed by atoms with Gasteiger partial charge in [-0.15, -0.1) is 11.3 Å². The van der Waals surface area contributed by atoms with Gasteiger partial charge in [-0.25, -0.2) is 14.6 Å². The molecule has 174 valence electrons. The minimum absolute atomic E-state index is 0.0984. The quantitative estimate of drug-likeness (QED) is 0.282. The van der Waals surface area contributed by atoms with Crippen LogP contribution in [0.4, 0.5) is 5.13 Å². The van der Waals surface area contributed by atoms with Crippen LogP contribution < -0.4 is 11.0 Å². The maximum Gasteiger partial charge on any atom is 0.350 e. The summed E-state index contributed by atoms with van der Waals surface area (Å²) in [5, 5.41) is 5.72. The van der Waals surface area contributed by atoms with E-state index in [1.807, 2.05) is 17.5 Å². The molecule has 0 bridgehead atoms. The second kappa shape index (κ2) is 10.6. The van der Waals surface area contributed by atoms with E-state index in [9.17, 15) is 14.4 Å². The van der Waals surface area contributed by atoms with Crippen molar-refractivity contribution in [1.29, 1.82) is 0 Å². The molecule has 0 radical (unpaired) electrons. The van der Waals surface area contributed by atoms with Gasteiger partial charge in [0.1, 0.15) is 9.90 Å². The van der Waals surface area contributed by atoms with Crippen molar-refractivity contribution in [2.75, 3.05) is 17.7 Å². The highest BCUT2D eigenvalue weighted by atomic mass is 32.2. The number of carbonyl (C=O) groups is 2. The molecule has 3 heterocycles. The summed E-state index contributed by atoms with van der Waals surface area (Å²) in [6.07, 6.45) is 3.77. The van der Waals surface area contributed by atoms with Gasteiger partial charge in [0.05, 0.1) is 24.6 Å². The van der Waals surface area contributed by atoms with Gasteiger partial charge >= 0.3 is 11.7 Å². The minimum atomic E-state index is -0.443. The number of hydrogen-bond acceptors (Lipinski definition) is 9. The Hall–Kier alpha value is -2.50. The Balaban J connectivity index is 1.47. The van der Waals surface area contributed by atoms with E-state index in [4.69, 9.17) is 4.74 Å². The lowest BCUT2D eigenvalue weighted by atomic mass is 9.97. The molecule has 1 aliphatic carbocycles. The molecular weight excluding hydrogens is 480 g/mol. The van der Waals surface area contributed by atoms with Crippen molar-refractivity contribution in [2.45, 2.75) is 51.1 Å². The highest BCUT2D eigenvalue weighted by Gasteiger charge is 2.22. The molecule has 3 aromatic rings. The Labute approximate surface area is 203 Å². The van der Waals surface area contributed by atoms with Crippen LogP contribution in [0.25, 0.3) is 0 Å². The molecule has 0 saturated heterocycles. The second-order valence-electron chi connectivity index (χ2n) is 7.49. The predicted molar refractivity (Wildman–Crippen MR) is 131 cm³/mol. The summed E-state index contributed by atoms with van der Waals surface area (Å²) in [6, 6.07) is 4.00. The molecule has 4 rings (SSSR count). The lowest BCUT2D eigenvalue weighted by Crippen LogP contribution is -2.30. The normalized spacial score (nSPS) is 12.9. The molecule has 8 nitrogen and oxygen atoms in total. The topological polar surface area (TPSA) is 103 Å². The van der Waals surface area contributed by atoms with E-state index in [0.29, 0.717) is 27.3 Å². The third-order valence-electron chi connectivity index (χ3n) is 5.19. The number of ether oxygens (including phenoxy) is 1. The fraction of sp³-hybridized carbons (Fsp3) is 0.409. The van der Waals surface area contributed by atoms with Gasteiger partial charge in [0.2, 0.25) is 5.91 Å². The number of thioether (sulfide) groups is 1. The van der Waals surface area contributed by atoms with E-state index in [0.717, 1.165) is 53.2 Å². The van der Waals surface area contributed by atoms with Gasteiger partial charge in [-0.3, -0.25) is 9.36 Å². The first-order valence-corrected chi connectivity index (χ1v) is 13.4. The first-order chi connectivity index (χ1) is 16.0. The van der Waals surface area contributed by atoms with E-state index < -0.39 is 5.97 Å². The van der Waals surface area contributed by atoms with Crippen LogP contribution >= 0.6 is 34.4 Å². The first kappa shape index (κ1) is 23.7. The summed E-state index contributed by atoms with van der Waals surface area (Å²) in [5.74, 6) is -0.610. The van der Waals surface area contributed by atoms with Crippen molar-refractivity contribution in [1.82, 2.24) is 14.5 Å². The molecule has 0 fully saturated rings. The van der Waals surface area contributed by atoms with Gasteiger partial charge in [-0.1, -0.05) is 29.2 Å². The molecule has 0 aromatic carbocycles. The van der Waals surface area contributed by atoms with Crippen LogP contribution in [0.5, 0.6) is 0 Å². The van der Waals surface area contributed by atoms with Gasteiger partial charge in [-0.05, 0) is 51.0 Å². The summed E-state index contributed by atoms with van der Waals surface area (Å²) in [4.78, 5) is 47.4. The molecule has 0 spiro atoms. The Kier molecular flexibility index (Phi) is 7.61. The van der Waals surface area contributed by atoms with Gasteiger partial charge in [0.25, 0.3) is 0 Å². The number of anilines is 1. The van der Waals surface area contributed by atoms with Crippen LogP contribution in [0, 0.1) is 6.92 Å². The third-order valence-corrected chi connectivity index (χ3v) is 8.12. The molecule has 0 aliphatic heterocycles. The Morgan fingerprint density at radius 1 is 1.27 bits per heavy atom. The molecule has 3 aromatic heterocycles. The van der Waals surface area contributed by atoms with Gasteiger partial charge in [0.15, 0.2) is 5.13 Å². The first-order valence-electron chi connectivity index (χ1n) is 10.7. The smallest absolute Gasteiger partial charge is 0.350 e. The van der Waals surface area contributed by atoms with Crippen LogP contribution in [0.15, 0.2) is 27.3 Å². The molecule has 0 saturated carbocycles. The number of nitrogens with zero attached hydrogens (tertiary/aromatic N) is 3. The molecule has 1 N–H and O–H groups in total. The van der Waals surface area contributed by atoms with Crippen molar-refractivity contribution in [3.63, 3.8) is 0 Å². The van der Waals surface area contributed by atoms with Crippen LogP contribution in [0.3, 0.4) is 0 Å². The highest BCUT2D eigenvalue weighted by Crippen LogP contribution is 2.29. The lowest BCUT2D eigenvalue weighted by Gasteiger charge is -2.22. The van der Waals surface area contributed by atoms with E-state index in [1.54, 1.807) is 29.8 Å². The SMILES string of the molecule is CCOC(=O)c1sc(NC(=O)CSc2nc(=O)n(Cc3cccs3)c3c2CCCC3)nc1C. The van der Waals surface area contributed by atoms with Crippen molar-refractivity contribution in [2.24, 2.45) is 0 Å². The van der Waals surface area contributed by atoms with E-state index in [2.05, 4.69) is 15.3 Å². The number of nitrogens with one attached hydrogen (secondary N) is 1. The highest BCUT2D eigenvalue weighted by molar-refractivity contribution is 8.00. The minimum Gasteiger partial charge on any atom is -0.462 e. The van der Waals surface area contributed by atoms with Crippen LogP contribution in [0.1, 0.15) is 51.3 Å². The van der Waals surface area contributed by atoms with Gasteiger partial charge in [0, 0.05) is 16.1 Å². The molecule has 33 heavy (non-hydrogen) atoms. The fourth-order valence-electron chi connectivity index (χ4n) is 3.71. The van der Waals surface area contributed by atoms with Crippen molar-refractivity contribution < 1.29 is 14.3 Å². The summed E-state index contributed by atoms with van der Waals surface area (Å²) in [7, 11) is 0. The molecule has 0 atom stereocenters. The fourth-order valence-corrected chi connectivity index (χ4v) is 6.16. The number of thiophene rings is 1. The van der Waals surface area contributed by atoms with Crippen molar-refractivity contribution >= 4 is 51.4 Å². The number of aryl methyl sites for hydroxylation is 1. The zero-order valence-corrected chi connectivity index (χ0v) is 20.8. The third kappa shape index (κ3) is 5.53. The van der Waals surface area contributed by atoms with Crippen LogP contribution in [0.2, 0.25) is 0 Å². The lowest BCUT2D eigenvalue weighted by molar-refractivity contribution is -0.113. The molecule has 0 unspecified atom stereocenters. The van der Waals surface area contributed by atoms with Crippen LogP contribution in [-0.4, -0.2) is 38.8 Å². The van der Waals surface area contributed by atoms with E-state index in [1.165, 1.54) is 11.8 Å². The predicted octanol–water partition coefficient (Wildman–Crippen LogP) is 3.90. The number of aromatic nitrogens is 3. The number of carbonyl (C=O) groups excluding carboxylic acids is 2. The van der Waals surface area contributed by atoms with Crippen molar-refractivity contribution in [3.8, 4) is 0 Å². The summed E-state index contributed by atoms with van der Waals surface area (Å²) >= 11 is 3.99. The average molecular weight is 505 g/mol. The maximum absolute atomic E-state index is 12.8. The van der Waals surface area contributed by atoms with Gasteiger partial charge in [-0.2, -0.15) is 4.98 Å². The number of rotatable bonds is 8. The zero-order valence-electron chi connectivity index (χ0n) is 18.4. The second-order valence-corrected chi connectivity index (χ2v) is 10.5. The average Bonchev–Trinajstić information content (AvgIpc) is 3.44. The zero-order chi connectivity index (χ0) is 23.4. The van der Waals surface area contributed by atoms with E-state index >= 15 is 0 Å². The summed E-state index contributed by atoms with van der Waals surface area (Å²) in [6.45, 7) is 4.25. The molecular formula is C22H24N4O4S3.